The number of nitrogens with one attached hydrogen (secondary N) is 2. The van der Waals surface area contributed by atoms with Gasteiger partial charge >= 0.3 is 0 Å². The van der Waals surface area contributed by atoms with Gasteiger partial charge in [0, 0.05) is 18.4 Å². The van der Waals surface area contributed by atoms with Crippen LogP contribution >= 0.6 is 12.4 Å². The Balaban J connectivity index is 0.00000242. The van der Waals surface area contributed by atoms with Gasteiger partial charge in [-0.1, -0.05) is 6.07 Å². The van der Waals surface area contributed by atoms with Crippen LogP contribution < -0.4 is 10.6 Å². The van der Waals surface area contributed by atoms with Crippen LogP contribution in [0.1, 0.15) is 29.6 Å². The van der Waals surface area contributed by atoms with Crippen molar-refractivity contribution in [3.8, 4) is 0 Å². The average Bonchev–Trinajstić information content (AvgIpc) is 2.47. The van der Waals surface area contributed by atoms with Crippen molar-refractivity contribution >= 4 is 28.2 Å². The Hall–Kier alpha value is -1.11. The second-order valence-corrected chi connectivity index (χ2v) is 7.57. The van der Waals surface area contributed by atoms with E-state index in [4.69, 9.17) is 0 Å². The number of carbonyl (C=O) groups excluding carboxylic acids is 1. The number of hydrogen-bond donors (Lipinski definition) is 2. The number of rotatable bonds is 5. The van der Waals surface area contributed by atoms with E-state index in [1.165, 1.54) is 25.0 Å². The number of sulfone groups is 1. The lowest BCUT2D eigenvalue weighted by Gasteiger charge is -2.22. The minimum atomic E-state index is -3.28. The smallest absolute Gasteiger partial charge is 0.251 e. The van der Waals surface area contributed by atoms with Gasteiger partial charge in [-0.15, -0.1) is 12.4 Å². The molecule has 2 N–H and O–H groups in total. The van der Waals surface area contributed by atoms with E-state index in [0.717, 1.165) is 25.8 Å². The predicted octanol–water partition coefficient (Wildman–Crippen LogP) is 1.63. The van der Waals surface area contributed by atoms with E-state index >= 15 is 0 Å². The predicted molar refractivity (Wildman–Crippen MR) is 89.3 cm³/mol. The molecule has 1 fully saturated rings. The number of piperidine rings is 1. The van der Waals surface area contributed by atoms with Gasteiger partial charge < -0.3 is 10.6 Å². The molecule has 1 aliphatic rings. The van der Waals surface area contributed by atoms with Crippen molar-refractivity contribution in [3.63, 3.8) is 0 Å². The fourth-order valence-corrected chi connectivity index (χ4v) is 3.20. The van der Waals surface area contributed by atoms with Crippen molar-refractivity contribution < 1.29 is 13.2 Å². The third kappa shape index (κ3) is 5.59. The number of carbonyl (C=O) groups is 1. The van der Waals surface area contributed by atoms with Crippen LogP contribution in [0.4, 0.5) is 0 Å². The number of hydrogen-bond acceptors (Lipinski definition) is 4. The van der Waals surface area contributed by atoms with Crippen LogP contribution in [0.2, 0.25) is 0 Å². The van der Waals surface area contributed by atoms with Gasteiger partial charge in [0.25, 0.3) is 5.91 Å². The summed E-state index contributed by atoms with van der Waals surface area (Å²) in [6, 6.07) is 6.15. The van der Waals surface area contributed by atoms with Gasteiger partial charge in [-0.2, -0.15) is 0 Å². The summed E-state index contributed by atoms with van der Waals surface area (Å²) in [5.41, 5.74) is 0.389. The average molecular weight is 347 g/mol. The topological polar surface area (TPSA) is 75.3 Å². The van der Waals surface area contributed by atoms with E-state index in [2.05, 4.69) is 10.6 Å². The van der Waals surface area contributed by atoms with E-state index in [9.17, 15) is 13.2 Å². The van der Waals surface area contributed by atoms with Crippen LogP contribution in [-0.4, -0.2) is 40.2 Å². The summed E-state index contributed by atoms with van der Waals surface area (Å²) in [6.07, 6.45) is 4.48. The van der Waals surface area contributed by atoms with Crippen LogP contribution in [0.15, 0.2) is 29.2 Å². The van der Waals surface area contributed by atoms with E-state index in [-0.39, 0.29) is 23.2 Å². The molecule has 0 saturated carbocycles. The quantitative estimate of drug-likeness (QED) is 0.849. The molecule has 124 valence electrons. The summed E-state index contributed by atoms with van der Waals surface area (Å²) in [6.45, 7) is 2.72. The van der Waals surface area contributed by atoms with Gasteiger partial charge in [-0.05, 0) is 56.5 Å². The number of benzene rings is 1. The van der Waals surface area contributed by atoms with Crippen molar-refractivity contribution in [2.24, 2.45) is 5.92 Å². The molecule has 1 aromatic carbocycles. The highest BCUT2D eigenvalue weighted by atomic mass is 35.5. The standard InChI is InChI=1S/C15H22N2O3S.ClH/c1-21(19,20)14-6-2-5-13(10-14)15(18)17-9-7-12-4-3-8-16-11-12;/h2,5-6,10,12,16H,3-4,7-9,11H2,1H3,(H,17,18);1H. The van der Waals surface area contributed by atoms with Gasteiger partial charge in [0.05, 0.1) is 4.90 Å². The van der Waals surface area contributed by atoms with Crippen molar-refractivity contribution in [2.75, 3.05) is 25.9 Å². The molecule has 1 unspecified atom stereocenters. The van der Waals surface area contributed by atoms with E-state index < -0.39 is 9.84 Å². The van der Waals surface area contributed by atoms with Crippen molar-refractivity contribution in [3.05, 3.63) is 29.8 Å². The summed E-state index contributed by atoms with van der Waals surface area (Å²) >= 11 is 0. The van der Waals surface area contributed by atoms with Crippen LogP contribution in [0.5, 0.6) is 0 Å². The Morgan fingerprint density at radius 2 is 2.18 bits per heavy atom. The zero-order chi connectivity index (χ0) is 15.3. The maximum Gasteiger partial charge on any atom is 0.251 e. The summed E-state index contributed by atoms with van der Waals surface area (Å²) in [5, 5.41) is 6.21. The zero-order valence-electron chi connectivity index (χ0n) is 12.7. The van der Waals surface area contributed by atoms with Crippen LogP contribution in [0, 0.1) is 5.92 Å². The lowest BCUT2D eigenvalue weighted by Crippen LogP contribution is -2.33. The molecule has 0 radical (unpaired) electrons. The maximum atomic E-state index is 12.0. The first kappa shape index (κ1) is 18.9. The molecule has 7 heteroatoms. The third-order valence-electron chi connectivity index (χ3n) is 3.76. The lowest BCUT2D eigenvalue weighted by molar-refractivity contribution is 0.0950. The molecule has 0 bridgehead atoms. The molecule has 0 aromatic heterocycles. The van der Waals surface area contributed by atoms with E-state index in [1.807, 2.05) is 0 Å². The Kier molecular flexibility index (Phi) is 7.32. The van der Waals surface area contributed by atoms with Gasteiger partial charge in [-0.3, -0.25) is 4.79 Å². The first-order valence-corrected chi connectivity index (χ1v) is 9.15. The Morgan fingerprint density at radius 3 is 2.82 bits per heavy atom. The summed E-state index contributed by atoms with van der Waals surface area (Å²) in [7, 11) is -3.28. The molecule has 5 nitrogen and oxygen atoms in total. The molecule has 1 heterocycles. The first-order valence-electron chi connectivity index (χ1n) is 7.26. The summed E-state index contributed by atoms with van der Waals surface area (Å²) in [5.74, 6) is 0.394. The highest BCUT2D eigenvalue weighted by molar-refractivity contribution is 7.90. The fraction of sp³-hybridized carbons (Fsp3) is 0.533. The van der Waals surface area contributed by atoms with Crippen LogP contribution in [-0.2, 0) is 9.84 Å². The maximum absolute atomic E-state index is 12.0. The van der Waals surface area contributed by atoms with Crippen molar-refractivity contribution in [1.29, 1.82) is 0 Å². The minimum absolute atomic E-state index is 0. The molecule has 22 heavy (non-hydrogen) atoms. The molecular weight excluding hydrogens is 324 g/mol. The summed E-state index contributed by atoms with van der Waals surface area (Å²) < 4.78 is 23.0. The van der Waals surface area contributed by atoms with Crippen molar-refractivity contribution in [2.45, 2.75) is 24.2 Å². The second-order valence-electron chi connectivity index (χ2n) is 5.56. The SMILES string of the molecule is CS(=O)(=O)c1cccc(C(=O)NCCC2CCCNC2)c1.Cl. The normalized spacial score (nSPS) is 18.3. The molecule has 1 amide bonds. The molecule has 1 atom stereocenters. The summed E-state index contributed by atoms with van der Waals surface area (Å²) in [4.78, 5) is 12.2. The highest BCUT2D eigenvalue weighted by Crippen LogP contribution is 2.14. The van der Waals surface area contributed by atoms with Gasteiger partial charge in [0.15, 0.2) is 9.84 Å². The van der Waals surface area contributed by atoms with E-state index in [1.54, 1.807) is 12.1 Å². The molecule has 0 spiro atoms. The molecule has 2 rings (SSSR count). The molecule has 0 aliphatic carbocycles. The number of halogens is 1. The van der Waals surface area contributed by atoms with Crippen LogP contribution in [0.25, 0.3) is 0 Å². The highest BCUT2D eigenvalue weighted by Gasteiger charge is 2.14. The Morgan fingerprint density at radius 1 is 1.41 bits per heavy atom. The lowest BCUT2D eigenvalue weighted by atomic mass is 9.96. The Labute approximate surface area is 138 Å². The van der Waals surface area contributed by atoms with Crippen molar-refractivity contribution in [1.82, 2.24) is 10.6 Å². The Bertz CT molecular complexity index is 599. The molecule has 1 saturated heterocycles. The van der Waals surface area contributed by atoms with Gasteiger partial charge in [0.1, 0.15) is 0 Å². The van der Waals surface area contributed by atoms with Gasteiger partial charge in [0.2, 0.25) is 0 Å². The zero-order valence-corrected chi connectivity index (χ0v) is 14.3. The fourth-order valence-electron chi connectivity index (χ4n) is 2.53. The molecule has 1 aromatic rings. The van der Waals surface area contributed by atoms with Crippen LogP contribution in [0.3, 0.4) is 0 Å². The minimum Gasteiger partial charge on any atom is -0.352 e. The first-order chi connectivity index (χ1) is 9.97. The largest absolute Gasteiger partial charge is 0.352 e. The molecular formula is C15H23ClN2O3S. The molecule has 1 aliphatic heterocycles. The van der Waals surface area contributed by atoms with E-state index in [0.29, 0.717) is 18.0 Å². The number of amides is 1. The second kappa shape index (κ2) is 8.50. The van der Waals surface area contributed by atoms with Gasteiger partial charge in [-0.25, -0.2) is 8.42 Å². The monoisotopic (exact) mass is 346 g/mol. The third-order valence-corrected chi connectivity index (χ3v) is 4.87.